The zero-order valence-electron chi connectivity index (χ0n) is 62.2. The second-order valence-corrected chi connectivity index (χ2v) is 34.4. The molecule has 15 rings (SSSR count). The van der Waals surface area contributed by atoms with Crippen LogP contribution in [-0.4, -0.2) is 41.4 Å². The van der Waals surface area contributed by atoms with Crippen LogP contribution in [0.5, 0.6) is 23.0 Å². The van der Waals surface area contributed by atoms with Gasteiger partial charge in [0.15, 0.2) is 23.0 Å². The van der Waals surface area contributed by atoms with Crippen molar-refractivity contribution in [2.75, 3.05) is 26.4 Å². The predicted octanol–water partition coefficient (Wildman–Crippen LogP) is 26.4. The number of thiophene rings is 4. The Morgan fingerprint density at radius 3 is 1.13 bits per heavy atom. The summed E-state index contributed by atoms with van der Waals surface area (Å²) in [6.07, 6.45) is 31.5. The van der Waals surface area contributed by atoms with Gasteiger partial charge in [0.25, 0.3) is 0 Å². The highest BCUT2D eigenvalue weighted by atomic mass is 32.1. The first-order valence-electron chi connectivity index (χ1n) is 39.7. The summed E-state index contributed by atoms with van der Waals surface area (Å²) in [5.74, 6) is 3.26. The number of aryl methyl sites for hydroxylation is 7. The molecule has 0 bridgehead atoms. The van der Waals surface area contributed by atoms with E-state index >= 15 is 0 Å². The molecule has 0 N–H and O–H groups in total. The minimum Gasteiger partial charge on any atom is -0.485 e. The SMILES string of the molecule is CCCCCCCCn1nc2c(-c3sc(C)c4c3OCCO4)ccc(-c3sc(-c4cc5c(s4)-c4cc6c(cc4C5(c4ccc(CCCCCC)cc4)c4ccc(CCCCCC)cc4)-c4sc(C)cc4C6(c4ccc(CCCCCC)cc4)c4ccc(CCCCCC)cc4)c4c3OCCO4)c2n1. The molecule has 0 fully saturated rings. The summed E-state index contributed by atoms with van der Waals surface area (Å²) in [5.41, 5.74) is 21.6. The highest BCUT2D eigenvalue weighted by Crippen LogP contribution is 2.67. The van der Waals surface area contributed by atoms with Crippen molar-refractivity contribution in [3.8, 4) is 74.5 Å². The molecule has 0 unspecified atom stereocenters. The third-order valence-corrected chi connectivity index (χ3v) is 27.4. The summed E-state index contributed by atoms with van der Waals surface area (Å²) in [6.45, 7) is 18.7. The van der Waals surface area contributed by atoms with Crippen LogP contribution in [-0.2, 0) is 43.1 Å². The van der Waals surface area contributed by atoms with Gasteiger partial charge in [-0.15, -0.1) is 45.3 Å². The second kappa shape index (κ2) is 32.2. The van der Waals surface area contributed by atoms with Crippen LogP contribution in [0.25, 0.3) is 62.6 Å². The fourth-order valence-corrected chi connectivity index (χ4v) is 22.0. The standard InChI is InChI=1S/C92H105N3O4S4/c1-8-13-18-23-24-29-52-95-93-80-71(88-83-82(62(7)101-88)96-53-54-97-83)50-51-72(81(80)94-95)89-84-85(99-56-55-98-84)90(103-89)79-60-78-87(102-79)74-59-75-73(58-76(74)92(78,69-46-38-65(39-47-69)32-27-21-16-11-4)70-48-40-66(41-49-70)33-28-22-17-12-5)86-77(57-61(6)100-86)91(75,67-42-34-63(35-43-67)30-25-19-14-9-2)68-44-36-64(37-45-68)31-26-20-15-10-3/h34-51,57-60H,8-33,52-56H2,1-7H3. The first-order valence-corrected chi connectivity index (χ1v) is 43.0. The Kier molecular flexibility index (Phi) is 22.3. The van der Waals surface area contributed by atoms with Crippen LogP contribution >= 0.6 is 45.3 Å². The minimum absolute atomic E-state index is 0.460. The summed E-state index contributed by atoms with van der Waals surface area (Å²) in [5, 5.41) is 10.9. The van der Waals surface area contributed by atoms with Crippen molar-refractivity contribution >= 4 is 56.4 Å². The van der Waals surface area contributed by atoms with Crippen LogP contribution in [0.2, 0.25) is 0 Å². The van der Waals surface area contributed by atoms with Gasteiger partial charge in [-0.05, 0) is 174 Å². The molecule has 11 heteroatoms. The molecule has 11 aromatic rings. The van der Waals surface area contributed by atoms with Crippen molar-refractivity contribution in [2.24, 2.45) is 0 Å². The highest BCUT2D eigenvalue weighted by Gasteiger charge is 2.53. The molecule has 2 aliphatic heterocycles. The number of hydrogen-bond acceptors (Lipinski definition) is 10. The second-order valence-electron chi connectivity index (χ2n) is 29.8. The number of fused-ring (bicyclic) bond motifs is 9. The quantitative estimate of drug-likeness (QED) is 0.0375. The maximum absolute atomic E-state index is 7.02. The molecular weight excluding hydrogens is 1340 g/mol. The van der Waals surface area contributed by atoms with Gasteiger partial charge in [-0.1, -0.05) is 253 Å². The molecule has 2 aliphatic carbocycles. The van der Waals surface area contributed by atoms with Gasteiger partial charge in [0.2, 0.25) is 0 Å². The maximum Gasteiger partial charge on any atom is 0.181 e. The molecule has 6 aromatic carbocycles. The van der Waals surface area contributed by atoms with Gasteiger partial charge in [-0.2, -0.15) is 15.0 Å². The summed E-state index contributed by atoms with van der Waals surface area (Å²) >= 11 is 7.43. The van der Waals surface area contributed by atoms with Crippen molar-refractivity contribution in [1.29, 1.82) is 0 Å². The topological polar surface area (TPSA) is 67.6 Å². The summed E-state index contributed by atoms with van der Waals surface area (Å²) < 4.78 is 26.7. The molecule has 0 saturated carbocycles. The largest absolute Gasteiger partial charge is 0.485 e. The molecule has 4 aliphatic rings. The van der Waals surface area contributed by atoms with Crippen LogP contribution in [0.15, 0.2) is 133 Å². The Morgan fingerprint density at radius 1 is 0.330 bits per heavy atom. The molecule has 5 aromatic heterocycles. The summed E-state index contributed by atoms with van der Waals surface area (Å²) in [4.78, 5) is 11.4. The Hall–Kier alpha value is -7.28. The fraction of sp³-hybridized carbons (Fsp3) is 0.435. The van der Waals surface area contributed by atoms with Crippen molar-refractivity contribution in [1.82, 2.24) is 15.0 Å². The van der Waals surface area contributed by atoms with Crippen molar-refractivity contribution in [3.05, 3.63) is 210 Å². The lowest BCUT2D eigenvalue weighted by Crippen LogP contribution is -2.30. The molecule has 0 radical (unpaired) electrons. The molecule has 0 amide bonds. The van der Waals surface area contributed by atoms with Gasteiger partial charge in [0.1, 0.15) is 37.5 Å². The van der Waals surface area contributed by atoms with E-state index in [1.165, 1.54) is 226 Å². The number of hydrogen-bond donors (Lipinski definition) is 0. The molecular formula is C92H105N3O4S4. The smallest absolute Gasteiger partial charge is 0.181 e. The number of nitrogens with zero attached hydrogens (tertiary/aromatic N) is 3. The van der Waals surface area contributed by atoms with Crippen molar-refractivity contribution in [2.45, 2.75) is 233 Å². The molecule has 0 saturated heterocycles. The van der Waals surface area contributed by atoms with E-state index in [-0.39, 0.29) is 0 Å². The van der Waals surface area contributed by atoms with E-state index < -0.39 is 10.8 Å². The van der Waals surface area contributed by atoms with Gasteiger partial charge in [-0.3, -0.25) is 0 Å². The average Bonchev–Trinajstić information content (AvgIpc) is 1.51. The van der Waals surface area contributed by atoms with Crippen LogP contribution in [0.1, 0.15) is 252 Å². The van der Waals surface area contributed by atoms with E-state index in [9.17, 15) is 0 Å². The summed E-state index contributed by atoms with van der Waals surface area (Å²) in [7, 11) is 0. The number of unbranched alkanes of at least 4 members (excludes halogenated alkanes) is 17. The number of benzene rings is 6. The summed E-state index contributed by atoms with van der Waals surface area (Å²) in [6, 6.07) is 54.9. The van der Waals surface area contributed by atoms with E-state index in [0.29, 0.717) is 26.4 Å². The van der Waals surface area contributed by atoms with Gasteiger partial charge in [-0.25, -0.2) is 0 Å². The van der Waals surface area contributed by atoms with Gasteiger partial charge < -0.3 is 18.9 Å². The van der Waals surface area contributed by atoms with Crippen molar-refractivity contribution in [3.63, 3.8) is 0 Å². The molecule has 0 atom stereocenters. The zero-order valence-corrected chi connectivity index (χ0v) is 65.5. The third kappa shape index (κ3) is 13.7. The monoisotopic (exact) mass is 1440 g/mol. The molecule has 103 heavy (non-hydrogen) atoms. The Morgan fingerprint density at radius 2 is 0.689 bits per heavy atom. The first kappa shape index (κ1) is 71.3. The number of ether oxygens (including phenoxy) is 4. The van der Waals surface area contributed by atoms with Gasteiger partial charge >= 0.3 is 0 Å². The highest BCUT2D eigenvalue weighted by molar-refractivity contribution is 7.26. The van der Waals surface area contributed by atoms with E-state index in [4.69, 9.17) is 29.1 Å². The van der Waals surface area contributed by atoms with Gasteiger partial charge in [0.05, 0.1) is 32.0 Å². The Labute approximate surface area is 629 Å². The molecule has 0 spiro atoms. The normalized spacial score (nSPS) is 14.4. The Balaban J connectivity index is 0.944. The van der Waals surface area contributed by atoms with Crippen LogP contribution in [0.4, 0.5) is 0 Å². The molecule has 536 valence electrons. The first-order chi connectivity index (χ1) is 50.7. The maximum atomic E-state index is 7.02. The predicted molar refractivity (Wildman–Crippen MR) is 436 cm³/mol. The number of aromatic nitrogens is 3. The Bertz CT molecular complexity index is 4600. The molecule has 7 nitrogen and oxygen atoms in total. The van der Waals surface area contributed by atoms with Crippen LogP contribution in [0, 0.1) is 13.8 Å². The average molecular weight is 1450 g/mol. The fourth-order valence-electron chi connectivity index (χ4n) is 17.2. The van der Waals surface area contributed by atoms with E-state index in [2.05, 4.69) is 182 Å². The minimum atomic E-state index is -0.672. The lowest BCUT2D eigenvalue weighted by molar-refractivity contribution is 0.173. The van der Waals surface area contributed by atoms with E-state index in [0.717, 1.165) is 110 Å². The van der Waals surface area contributed by atoms with E-state index in [1.807, 2.05) is 27.5 Å². The lowest BCUT2D eigenvalue weighted by atomic mass is 9.65. The van der Waals surface area contributed by atoms with Crippen molar-refractivity contribution < 1.29 is 18.9 Å². The lowest BCUT2D eigenvalue weighted by Gasteiger charge is -2.35. The van der Waals surface area contributed by atoms with E-state index in [1.54, 1.807) is 22.7 Å². The molecule has 7 heterocycles. The number of rotatable bonds is 34. The zero-order chi connectivity index (χ0) is 70.4. The third-order valence-electron chi connectivity index (χ3n) is 22.6. The van der Waals surface area contributed by atoms with Gasteiger partial charge in [0, 0.05) is 35.5 Å². The van der Waals surface area contributed by atoms with Crippen LogP contribution < -0.4 is 18.9 Å². The van der Waals surface area contributed by atoms with Crippen LogP contribution in [0.3, 0.4) is 0 Å².